The first-order valence-corrected chi connectivity index (χ1v) is 5.61. The molecule has 0 heterocycles. The summed E-state index contributed by atoms with van der Waals surface area (Å²) in [6, 6.07) is 2.91. The number of hydrogen-bond acceptors (Lipinski definition) is 3. The average molecular weight is 291 g/mol. The predicted molar refractivity (Wildman–Crippen MR) is 65.0 cm³/mol. The third-order valence-corrected chi connectivity index (χ3v) is 2.31. The van der Waals surface area contributed by atoms with Gasteiger partial charge in [0, 0.05) is 5.56 Å². The molecular formula is C11H15BrO4. The molecule has 4 nitrogen and oxygen atoms in total. The van der Waals surface area contributed by atoms with E-state index in [1.54, 1.807) is 0 Å². The molecule has 0 spiro atoms. The van der Waals surface area contributed by atoms with Gasteiger partial charge in [-0.2, -0.15) is 0 Å². The Morgan fingerprint density at radius 3 is 2.44 bits per heavy atom. The summed E-state index contributed by atoms with van der Waals surface area (Å²) < 4.78 is 5.56. The lowest BCUT2D eigenvalue weighted by atomic mass is 10.1. The number of phenolic OH excluding ortho intramolecular Hbond substituents is 1. The van der Waals surface area contributed by atoms with E-state index >= 15 is 0 Å². The largest absolute Gasteiger partial charge is 0.508 e. The molecule has 0 amide bonds. The molecule has 0 aliphatic heterocycles. The van der Waals surface area contributed by atoms with Crippen LogP contribution in [0.25, 0.3) is 0 Å². The van der Waals surface area contributed by atoms with Crippen molar-refractivity contribution in [2.75, 3.05) is 7.11 Å². The van der Waals surface area contributed by atoms with Crippen LogP contribution in [0, 0.1) is 0 Å². The van der Waals surface area contributed by atoms with E-state index < -0.39 is 5.97 Å². The van der Waals surface area contributed by atoms with E-state index in [1.807, 2.05) is 13.8 Å². The van der Waals surface area contributed by atoms with Gasteiger partial charge in [0.25, 0.3) is 0 Å². The van der Waals surface area contributed by atoms with E-state index in [0.717, 1.165) is 0 Å². The maximum atomic E-state index is 10.4. The standard InChI is InChI=1S/C9H9BrO4.C2H6/c1-14-8-2-5(3-9(12)13)7(11)4-6(8)10;1-2/h2,4,11H,3H2,1H3,(H,12,13);1-2H3. The van der Waals surface area contributed by atoms with Crippen molar-refractivity contribution in [3.8, 4) is 11.5 Å². The third-order valence-electron chi connectivity index (χ3n) is 1.69. The Morgan fingerprint density at radius 2 is 2.00 bits per heavy atom. The second kappa shape index (κ2) is 7.11. The van der Waals surface area contributed by atoms with Crippen LogP contribution in [0.2, 0.25) is 0 Å². The van der Waals surface area contributed by atoms with Crippen LogP contribution in [-0.2, 0) is 11.2 Å². The third kappa shape index (κ3) is 4.10. The number of aromatic hydroxyl groups is 1. The predicted octanol–water partition coefficient (Wildman–Crippen LogP) is 2.82. The van der Waals surface area contributed by atoms with Gasteiger partial charge in [0.05, 0.1) is 18.0 Å². The number of carboxylic acids is 1. The Labute approximate surface area is 103 Å². The molecule has 0 aliphatic rings. The molecule has 0 radical (unpaired) electrons. The van der Waals surface area contributed by atoms with Crippen molar-refractivity contribution in [1.29, 1.82) is 0 Å². The fourth-order valence-electron chi connectivity index (χ4n) is 1.05. The normalized spacial score (nSPS) is 9.00. The first-order chi connectivity index (χ1) is 7.54. The Hall–Kier alpha value is -1.23. The molecular weight excluding hydrogens is 276 g/mol. The Bertz CT molecular complexity index is 363. The molecule has 5 heteroatoms. The maximum absolute atomic E-state index is 10.4. The van der Waals surface area contributed by atoms with Gasteiger partial charge < -0.3 is 14.9 Å². The summed E-state index contributed by atoms with van der Waals surface area (Å²) in [6.45, 7) is 4.00. The Morgan fingerprint density at radius 1 is 1.44 bits per heavy atom. The minimum Gasteiger partial charge on any atom is -0.508 e. The van der Waals surface area contributed by atoms with Gasteiger partial charge >= 0.3 is 5.97 Å². The summed E-state index contributed by atoms with van der Waals surface area (Å²) in [7, 11) is 1.47. The van der Waals surface area contributed by atoms with E-state index in [4.69, 9.17) is 9.84 Å². The summed E-state index contributed by atoms with van der Waals surface area (Å²) in [6.07, 6.45) is -0.227. The molecule has 0 atom stereocenters. The number of hydrogen-bond donors (Lipinski definition) is 2. The first-order valence-electron chi connectivity index (χ1n) is 4.81. The number of rotatable bonds is 3. The summed E-state index contributed by atoms with van der Waals surface area (Å²) in [5.74, 6) is -0.552. The second-order valence-corrected chi connectivity index (χ2v) is 3.54. The quantitative estimate of drug-likeness (QED) is 0.898. The summed E-state index contributed by atoms with van der Waals surface area (Å²) >= 11 is 3.18. The number of methoxy groups -OCH3 is 1. The van der Waals surface area contributed by atoms with Crippen molar-refractivity contribution in [2.24, 2.45) is 0 Å². The van der Waals surface area contributed by atoms with Gasteiger partial charge in [-0.3, -0.25) is 4.79 Å². The monoisotopic (exact) mass is 290 g/mol. The molecule has 1 aromatic carbocycles. The van der Waals surface area contributed by atoms with Gasteiger partial charge in [-0.05, 0) is 28.1 Å². The van der Waals surface area contributed by atoms with Gasteiger partial charge in [0.2, 0.25) is 0 Å². The zero-order chi connectivity index (χ0) is 12.7. The average Bonchev–Trinajstić information content (AvgIpc) is 2.24. The summed E-state index contributed by atoms with van der Waals surface area (Å²) in [5, 5.41) is 18.0. The van der Waals surface area contributed by atoms with Crippen molar-refractivity contribution >= 4 is 21.9 Å². The Kier molecular flexibility index (Phi) is 6.56. The highest BCUT2D eigenvalue weighted by molar-refractivity contribution is 9.10. The van der Waals surface area contributed by atoms with Crippen LogP contribution in [0.1, 0.15) is 19.4 Å². The molecule has 90 valence electrons. The lowest BCUT2D eigenvalue weighted by Gasteiger charge is -2.07. The van der Waals surface area contributed by atoms with Gasteiger partial charge in [-0.1, -0.05) is 13.8 Å². The molecule has 2 N–H and O–H groups in total. The highest BCUT2D eigenvalue weighted by atomic mass is 79.9. The van der Waals surface area contributed by atoms with Gasteiger partial charge in [0.1, 0.15) is 11.5 Å². The molecule has 0 saturated heterocycles. The number of ether oxygens (including phenoxy) is 1. The molecule has 0 bridgehead atoms. The van der Waals surface area contributed by atoms with Crippen LogP contribution in [0.4, 0.5) is 0 Å². The summed E-state index contributed by atoms with van der Waals surface area (Å²) in [4.78, 5) is 10.4. The van der Waals surface area contributed by atoms with Crippen LogP contribution < -0.4 is 4.74 Å². The summed E-state index contributed by atoms with van der Waals surface area (Å²) in [5.41, 5.74) is 0.331. The minimum absolute atomic E-state index is 0.0555. The number of halogens is 1. The zero-order valence-corrected chi connectivity index (χ0v) is 11.0. The fraction of sp³-hybridized carbons (Fsp3) is 0.364. The molecule has 1 rings (SSSR count). The van der Waals surface area contributed by atoms with E-state index in [1.165, 1.54) is 19.2 Å². The van der Waals surface area contributed by atoms with Gasteiger partial charge in [0.15, 0.2) is 0 Å². The molecule has 0 unspecified atom stereocenters. The van der Waals surface area contributed by atoms with Crippen LogP contribution in [0.15, 0.2) is 16.6 Å². The van der Waals surface area contributed by atoms with Crippen LogP contribution >= 0.6 is 15.9 Å². The molecule has 16 heavy (non-hydrogen) atoms. The number of carbonyl (C=O) groups is 1. The zero-order valence-electron chi connectivity index (χ0n) is 9.45. The van der Waals surface area contributed by atoms with Crippen molar-refractivity contribution in [2.45, 2.75) is 20.3 Å². The number of phenols is 1. The van der Waals surface area contributed by atoms with Crippen LogP contribution in [-0.4, -0.2) is 23.3 Å². The van der Waals surface area contributed by atoms with E-state index in [-0.39, 0.29) is 12.2 Å². The number of carboxylic acid groups (broad SMARTS) is 1. The number of benzene rings is 1. The van der Waals surface area contributed by atoms with E-state index in [2.05, 4.69) is 15.9 Å². The van der Waals surface area contributed by atoms with Crippen LogP contribution in [0.5, 0.6) is 11.5 Å². The highest BCUT2D eigenvalue weighted by Gasteiger charge is 2.10. The van der Waals surface area contributed by atoms with Gasteiger partial charge in [-0.25, -0.2) is 0 Å². The van der Waals surface area contributed by atoms with Crippen molar-refractivity contribution in [3.63, 3.8) is 0 Å². The van der Waals surface area contributed by atoms with E-state index in [0.29, 0.717) is 15.8 Å². The number of aliphatic carboxylic acids is 1. The Balaban J connectivity index is 0.00000106. The fourth-order valence-corrected chi connectivity index (χ4v) is 1.54. The lowest BCUT2D eigenvalue weighted by molar-refractivity contribution is -0.136. The molecule has 0 aliphatic carbocycles. The van der Waals surface area contributed by atoms with E-state index in [9.17, 15) is 9.90 Å². The van der Waals surface area contributed by atoms with Crippen molar-refractivity contribution < 1.29 is 19.7 Å². The lowest BCUT2D eigenvalue weighted by Crippen LogP contribution is -2.00. The maximum Gasteiger partial charge on any atom is 0.307 e. The van der Waals surface area contributed by atoms with Crippen molar-refractivity contribution in [3.05, 3.63) is 22.2 Å². The topological polar surface area (TPSA) is 66.8 Å². The van der Waals surface area contributed by atoms with Gasteiger partial charge in [-0.15, -0.1) is 0 Å². The first kappa shape index (κ1) is 14.8. The highest BCUT2D eigenvalue weighted by Crippen LogP contribution is 2.32. The minimum atomic E-state index is -0.996. The SMILES string of the molecule is CC.COc1cc(CC(=O)O)c(O)cc1Br. The molecule has 0 aromatic heterocycles. The van der Waals surface area contributed by atoms with Crippen LogP contribution in [0.3, 0.4) is 0 Å². The molecule has 0 fully saturated rings. The smallest absolute Gasteiger partial charge is 0.307 e. The van der Waals surface area contributed by atoms with Crippen molar-refractivity contribution in [1.82, 2.24) is 0 Å². The molecule has 0 saturated carbocycles. The molecule has 1 aromatic rings. The second-order valence-electron chi connectivity index (χ2n) is 2.69.